The van der Waals surface area contributed by atoms with Crippen molar-refractivity contribution in [3.05, 3.63) is 28.0 Å². The fraction of sp³-hybridized carbons (Fsp3) is 0.538. The molecule has 1 unspecified atom stereocenters. The lowest BCUT2D eigenvalue weighted by molar-refractivity contribution is 0.516. The number of hydrogen-bond donors (Lipinski definition) is 1. The Morgan fingerprint density at radius 1 is 1.28 bits per heavy atom. The van der Waals surface area contributed by atoms with Crippen LogP contribution in [0.2, 0.25) is 0 Å². The van der Waals surface area contributed by atoms with Crippen LogP contribution in [0, 0.1) is 13.8 Å². The lowest BCUT2D eigenvalue weighted by Crippen LogP contribution is -2.08. The third kappa shape index (κ3) is 2.41. The van der Waals surface area contributed by atoms with Gasteiger partial charge in [0.1, 0.15) is 0 Å². The molecule has 2 rings (SSSR count). The molecule has 0 spiro atoms. The summed E-state index contributed by atoms with van der Waals surface area (Å²) in [6, 6.07) is 0.651. The number of rotatable bonds is 4. The van der Waals surface area contributed by atoms with E-state index in [4.69, 9.17) is 0 Å². The highest BCUT2D eigenvalue weighted by molar-refractivity contribution is 7.09. The second-order valence-electron chi connectivity index (χ2n) is 4.85. The van der Waals surface area contributed by atoms with Gasteiger partial charge in [-0.3, -0.25) is 9.67 Å². The van der Waals surface area contributed by atoms with Crippen molar-refractivity contribution < 1.29 is 0 Å². The summed E-state index contributed by atoms with van der Waals surface area (Å²) in [4.78, 5) is 5.36. The molecule has 5 heteroatoms. The van der Waals surface area contributed by atoms with Crippen LogP contribution in [-0.4, -0.2) is 14.8 Å². The first-order valence-electron chi connectivity index (χ1n) is 6.21. The van der Waals surface area contributed by atoms with E-state index in [0.717, 1.165) is 11.4 Å². The summed E-state index contributed by atoms with van der Waals surface area (Å²) in [6.07, 6.45) is 1.92. The Bertz CT molecular complexity index is 513. The molecule has 1 N–H and O–H groups in total. The van der Waals surface area contributed by atoms with E-state index in [9.17, 15) is 0 Å². The van der Waals surface area contributed by atoms with Gasteiger partial charge in [-0.05, 0) is 34.6 Å². The highest BCUT2D eigenvalue weighted by atomic mass is 32.1. The molecule has 2 heterocycles. The van der Waals surface area contributed by atoms with Gasteiger partial charge in [-0.25, -0.2) is 0 Å². The summed E-state index contributed by atoms with van der Waals surface area (Å²) in [6.45, 7) is 10.6. The smallest absolute Gasteiger partial charge is 0.0828 e. The molecule has 1 atom stereocenters. The first-order valence-corrected chi connectivity index (χ1v) is 7.09. The van der Waals surface area contributed by atoms with Crippen LogP contribution < -0.4 is 5.32 Å². The van der Waals surface area contributed by atoms with Gasteiger partial charge in [-0.15, -0.1) is 11.3 Å². The number of nitrogens with zero attached hydrogens (tertiary/aromatic N) is 3. The fourth-order valence-electron chi connectivity index (χ4n) is 2.10. The maximum absolute atomic E-state index is 4.59. The van der Waals surface area contributed by atoms with Gasteiger partial charge in [0.15, 0.2) is 0 Å². The molecule has 0 bridgehead atoms. The quantitative estimate of drug-likeness (QED) is 0.915. The zero-order valence-corrected chi connectivity index (χ0v) is 12.4. The number of aryl methyl sites for hydroxylation is 1. The molecule has 0 saturated carbocycles. The molecule has 2 aromatic rings. The van der Waals surface area contributed by atoms with E-state index in [-0.39, 0.29) is 6.04 Å². The van der Waals surface area contributed by atoms with Crippen LogP contribution in [0.25, 0.3) is 0 Å². The van der Waals surface area contributed by atoms with Crippen molar-refractivity contribution in [2.75, 3.05) is 5.32 Å². The van der Waals surface area contributed by atoms with Gasteiger partial charge < -0.3 is 5.32 Å². The van der Waals surface area contributed by atoms with Gasteiger partial charge in [0.2, 0.25) is 0 Å². The van der Waals surface area contributed by atoms with E-state index in [0.29, 0.717) is 6.04 Å². The molecule has 18 heavy (non-hydrogen) atoms. The average Bonchev–Trinajstić information content (AvgIpc) is 2.92. The zero-order chi connectivity index (χ0) is 13.3. The Morgan fingerprint density at radius 2 is 2.00 bits per heavy atom. The van der Waals surface area contributed by atoms with E-state index in [2.05, 4.69) is 47.8 Å². The van der Waals surface area contributed by atoms with Crippen LogP contribution in [-0.2, 0) is 0 Å². The summed E-state index contributed by atoms with van der Waals surface area (Å²) in [5.41, 5.74) is 5.26. The van der Waals surface area contributed by atoms with Gasteiger partial charge in [0.25, 0.3) is 0 Å². The molecule has 0 aliphatic carbocycles. The molecule has 0 amide bonds. The summed E-state index contributed by atoms with van der Waals surface area (Å²) >= 11 is 1.67. The summed E-state index contributed by atoms with van der Waals surface area (Å²) in [5, 5.41) is 8.13. The maximum atomic E-state index is 4.59. The Hall–Kier alpha value is -1.36. The van der Waals surface area contributed by atoms with Crippen molar-refractivity contribution in [1.29, 1.82) is 0 Å². The van der Waals surface area contributed by atoms with Crippen LogP contribution in [0.5, 0.6) is 0 Å². The Labute approximate surface area is 112 Å². The molecule has 0 radical (unpaired) electrons. The molecule has 2 aromatic heterocycles. The first kappa shape index (κ1) is 13.1. The molecule has 0 fully saturated rings. The van der Waals surface area contributed by atoms with E-state index < -0.39 is 0 Å². The van der Waals surface area contributed by atoms with Crippen molar-refractivity contribution in [2.24, 2.45) is 0 Å². The van der Waals surface area contributed by atoms with Crippen molar-refractivity contribution in [3.63, 3.8) is 0 Å². The number of anilines is 1. The third-order valence-electron chi connectivity index (χ3n) is 3.05. The van der Waals surface area contributed by atoms with Crippen LogP contribution in [0.4, 0.5) is 5.69 Å². The van der Waals surface area contributed by atoms with Crippen LogP contribution >= 0.6 is 11.3 Å². The first-order chi connectivity index (χ1) is 8.50. The molecule has 0 aliphatic heterocycles. The molecule has 4 nitrogen and oxygen atoms in total. The monoisotopic (exact) mass is 264 g/mol. The molecule has 0 aliphatic rings. The molecular weight excluding hydrogens is 244 g/mol. The standard InChI is InChI=1S/C13H20N4S/c1-8(2)17-11(5)13(10(4)16-17)15-9(3)12-6-14-7-18-12/h6-9,15H,1-5H3. The number of aromatic nitrogens is 3. The van der Waals surface area contributed by atoms with E-state index in [1.54, 1.807) is 11.3 Å². The lowest BCUT2D eigenvalue weighted by atomic mass is 10.2. The summed E-state index contributed by atoms with van der Waals surface area (Å²) < 4.78 is 2.07. The Kier molecular flexibility index (Phi) is 3.71. The Morgan fingerprint density at radius 3 is 2.50 bits per heavy atom. The highest BCUT2D eigenvalue weighted by Crippen LogP contribution is 2.27. The second kappa shape index (κ2) is 5.10. The maximum Gasteiger partial charge on any atom is 0.0828 e. The minimum Gasteiger partial charge on any atom is -0.375 e. The number of nitrogens with one attached hydrogen (secondary N) is 1. The zero-order valence-electron chi connectivity index (χ0n) is 11.6. The van der Waals surface area contributed by atoms with E-state index >= 15 is 0 Å². The SMILES string of the molecule is Cc1nn(C(C)C)c(C)c1NC(C)c1cncs1. The van der Waals surface area contributed by atoms with Crippen molar-refractivity contribution in [2.45, 2.75) is 46.7 Å². The molecule has 0 saturated heterocycles. The van der Waals surface area contributed by atoms with E-state index in [1.807, 2.05) is 18.6 Å². The van der Waals surface area contributed by atoms with Gasteiger partial charge in [0, 0.05) is 17.1 Å². The largest absolute Gasteiger partial charge is 0.375 e. The van der Waals surface area contributed by atoms with Crippen molar-refractivity contribution >= 4 is 17.0 Å². The average molecular weight is 264 g/mol. The van der Waals surface area contributed by atoms with E-state index in [1.165, 1.54) is 10.6 Å². The normalized spacial score (nSPS) is 13.0. The van der Waals surface area contributed by atoms with Gasteiger partial charge >= 0.3 is 0 Å². The topological polar surface area (TPSA) is 42.7 Å². The van der Waals surface area contributed by atoms with Gasteiger partial charge in [0.05, 0.1) is 28.6 Å². The number of thiazole rings is 1. The fourth-order valence-corrected chi connectivity index (χ4v) is 2.73. The summed E-state index contributed by atoms with van der Waals surface area (Å²) in [5.74, 6) is 0. The minimum atomic E-state index is 0.264. The predicted octanol–water partition coefficient (Wildman–Crippen LogP) is 3.71. The van der Waals surface area contributed by atoms with Gasteiger partial charge in [-0.1, -0.05) is 0 Å². The molecule has 0 aromatic carbocycles. The molecule has 98 valence electrons. The van der Waals surface area contributed by atoms with Crippen LogP contribution in [0.15, 0.2) is 11.7 Å². The van der Waals surface area contributed by atoms with Gasteiger partial charge in [-0.2, -0.15) is 5.10 Å². The number of hydrogen-bond acceptors (Lipinski definition) is 4. The van der Waals surface area contributed by atoms with Crippen molar-refractivity contribution in [3.8, 4) is 0 Å². The molecular formula is C13H20N4S. The summed E-state index contributed by atoms with van der Waals surface area (Å²) in [7, 11) is 0. The second-order valence-corrected chi connectivity index (χ2v) is 5.77. The van der Waals surface area contributed by atoms with Crippen molar-refractivity contribution in [1.82, 2.24) is 14.8 Å². The third-order valence-corrected chi connectivity index (χ3v) is 4.01. The van der Waals surface area contributed by atoms with Crippen LogP contribution in [0.3, 0.4) is 0 Å². The highest BCUT2D eigenvalue weighted by Gasteiger charge is 2.16. The lowest BCUT2D eigenvalue weighted by Gasteiger charge is -2.14. The predicted molar refractivity (Wildman–Crippen MR) is 76.2 cm³/mol. The van der Waals surface area contributed by atoms with Crippen LogP contribution in [0.1, 0.15) is 49.1 Å². The minimum absolute atomic E-state index is 0.264. The Balaban J connectivity index is 2.24.